The molecule has 0 aliphatic carbocycles. The van der Waals surface area contributed by atoms with Gasteiger partial charge in [-0.2, -0.15) is 0 Å². The van der Waals surface area contributed by atoms with Gasteiger partial charge in [0.25, 0.3) is 0 Å². The van der Waals surface area contributed by atoms with Crippen LogP contribution in [0.3, 0.4) is 0 Å². The van der Waals surface area contributed by atoms with Gasteiger partial charge in [0.05, 0.1) is 22.8 Å². The second-order valence-electron chi connectivity index (χ2n) is 11.0. The quantitative estimate of drug-likeness (QED) is 0.351. The topological polar surface area (TPSA) is 41.5 Å². The van der Waals surface area contributed by atoms with Crippen LogP contribution in [0.4, 0.5) is 0 Å². The SMILES string of the molecule is CCCCN1Cc2cccc(n2)CN(CCCO[Si](C)(C)C(C)(C)C)Cc2cccc(n2)C1. The molecule has 0 amide bonds. The van der Waals surface area contributed by atoms with Gasteiger partial charge >= 0.3 is 0 Å². The highest BCUT2D eigenvalue weighted by atomic mass is 28.4. The van der Waals surface area contributed by atoms with E-state index in [0.717, 1.165) is 75.1 Å². The molecular formula is C27H44N4OSi. The molecular weight excluding hydrogens is 424 g/mol. The van der Waals surface area contributed by atoms with Crippen molar-refractivity contribution < 1.29 is 4.43 Å². The van der Waals surface area contributed by atoms with E-state index in [-0.39, 0.29) is 5.04 Å². The molecule has 3 heterocycles. The molecule has 1 aliphatic rings. The Labute approximate surface area is 202 Å². The van der Waals surface area contributed by atoms with Gasteiger partial charge in [-0.25, -0.2) is 0 Å². The number of hydrogen-bond acceptors (Lipinski definition) is 5. The Morgan fingerprint density at radius 1 is 0.788 bits per heavy atom. The second-order valence-corrected chi connectivity index (χ2v) is 15.8. The van der Waals surface area contributed by atoms with E-state index in [2.05, 4.69) is 87.0 Å². The molecule has 0 fully saturated rings. The highest BCUT2D eigenvalue weighted by Gasteiger charge is 2.36. The van der Waals surface area contributed by atoms with E-state index in [0.29, 0.717) is 0 Å². The standard InChI is InChI=1S/C27H44N4OSi/c1-7-8-16-30-19-23-12-9-14-25(28-23)21-31(22-26-15-10-13-24(20-30)29-26)17-11-18-32-33(5,6)27(2,3)4/h9-10,12-15H,7-8,11,16-22H2,1-6H3. The summed E-state index contributed by atoms with van der Waals surface area (Å²) in [6.07, 6.45) is 3.42. The molecule has 0 saturated heterocycles. The van der Waals surface area contributed by atoms with Gasteiger partial charge in [0.15, 0.2) is 8.32 Å². The summed E-state index contributed by atoms with van der Waals surface area (Å²) in [6.45, 7) is 20.1. The summed E-state index contributed by atoms with van der Waals surface area (Å²) >= 11 is 0. The highest BCUT2D eigenvalue weighted by molar-refractivity contribution is 6.74. The Hall–Kier alpha value is -1.60. The predicted molar refractivity (Wildman–Crippen MR) is 139 cm³/mol. The second kappa shape index (κ2) is 11.7. The van der Waals surface area contributed by atoms with Crippen molar-refractivity contribution in [2.75, 3.05) is 19.7 Å². The Bertz CT molecular complexity index is 829. The van der Waals surface area contributed by atoms with E-state index < -0.39 is 8.32 Å². The first-order valence-corrected chi connectivity index (χ1v) is 15.6. The number of hydrogen-bond donors (Lipinski definition) is 0. The molecule has 4 bridgehead atoms. The van der Waals surface area contributed by atoms with Gasteiger partial charge in [-0.3, -0.25) is 19.8 Å². The van der Waals surface area contributed by atoms with Gasteiger partial charge in [-0.05, 0) is 61.8 Å². The molecule has 0 saturated carbocycles. The van der Waals surface area contributed by atoms with E-state index in [1.165, 1.54) is 12.8 Å². The van der Waals surface area contributed by atoms with Crippen LogP contribution in [-0.2, 0) is 30.6 Å². The molecule has 1 aliphatic heterocycles. The Kier molecular flexibility index (Phi) is 9.22. The monoisotopic (exact) mass is 468 g/mol. The maximum atomic E-state index is 6.43. The van der Waals surface area contributed by atoms with Crippen molar-refractivity contribution in [3.63, 3.8) is 0 Å². The van der Waals surface area contributed by atoms with Crippen LogP contribution in [0.1, 0.15) is 69.7 Å². The van der Waals surface area contributed by atoms with Crippen LogP contribution in [0.25, 0.3) is 0 Å². The van der Waals surface area contributed by atoms with E-state index in [1.807, 2.05) is 0 Å². The molecule has 2 aromatic rings. The zero-order valence-electron chi connectivity index (χ0n) is 21.7. The van der Waals surface area contributed by atoms with Crippen molar-refractivity contribution in [3.8, 4) is 0 Å². The van der Waals surface area contributed by atoms with Crippen LogP contribution >= 0.6 is 0 Å². The number of aromatic nitrogens is 2. The zero-order valence-corrected chi connectivity index (χ0v) is 22.7. The average molecular weight is 469 g/mol. The number of rotatable bonds is 8. The maximum absolute atomic E-state index is 6.43. The fraction of sp³-hybridized carbons (Fsp3) is 0.630. The fourth-order valence-corrected chi connectivity index (χ4v) is 5.06. The van der Waals surface area contributed by atoms with Crippen LogP contribution < -0.4 is 0 Å². The van der Waals surface area contributed by atoms with Crippen molar-refractivity contribution in [3.05, 3.63) is 59.2 Å². The third-order valence-corrected chi connectivity index (χ3v) is 11.5. The molecule has 0 N–H and O–H groups in total. The summed E-state index contributed by atoms with van der Waals surface area (Å²) in [7, 11) is -1.70. The zero-order chi connectivity index (χ0) is 23.9. The van der Waals surface area contributed by atoms with Crippen molar-refractivity contribution in [1.29, 1.82) is 0 Å². The molecule has 0 aromatic carbocycles. The molecule has 6 heteroatoms. The summed E-state index contributed by atoms with van der Waals surface area (Å²) < 4.78 is 6.43. The summed E-state index contributed by atoms with van der Waals surface area (Å²) in [6, 6.07) is 13.0. The smallest absolute Gasteiger partial charge is 0.191 e. The fourth-order valence-electron chi connectivity index (χ4n) is 3.97. The van der Waals surface area contributed by atoms with E-state index in [4.69, 9.17) is 14.4 Å². The Morgan fingerprint density at radius 3 is 1.61 bits per heavy atom. The lowest BCUT2D eigenvalue weighted by molar-refractivity contribution is 0.207. The molecule has 5 nitrogen and oxygen atoms in total. The summed E-state index contributed by atoms with van der Waals surface area (Å²) in [5, 5.41) is 0.250. The van der Waals surface area contributed by atoms with Crippen LogP contribution in [0, 0.1) is 0 Å². The van der Waals surface area contributed by atoms with Gasteiger partial charge in [0, 0.05) is 39.3 Å². The van der Waals surface area contributed by atoms with Gasteiger partial charge in [-0.15, -0.1) is 0 Å². The number of unbranched alkanes of at least 4 members (excludes halogenated alkanes) is 1. The molecule has 182 valence electrons. The van der Waals surface area contributed by atoms with Crippen LogP contribution in [0.2, 0.25) is 18.1 Å². The van der Waals surface area contributed by atoms with E-state index in [9.17, 15) is 0 Å². The molecule has 0 atom stereocenters. The van der Waals surface area contributed by atoms with Gasteiger partial charge in [-0.1, -0.05) is 46.2 Å². The Balaban J connectivity index is 1.73. The van der Waals surface area contributed by atoms with E-state index >= 15 is 0 Å². The molecule has 0 unspecified atom stereocenters. The number of fused-ring (bicyclic) bond motifs is 4. The normalized spacial score (nSPS) is 16.3. The largest absolute Gasteiger partial charge is 0.417 e. The molecule has 33 heavy (non-hydrogen) atoms. The minimum Gasteiger partial charge on any atom is -0.417 e. The first kappa shape index (κ1) is 26.0. The highest BCUT2D eigenvalue weighted by Crippen LogP contribution is 2.36. The molecule has 0 spiro atoms. The minimum absolute atomic E-state index is 0.250. The van der Waals surface area contributed by atoms with Crippen molar-refractivity contribution >= 4 is 8.32 Å². The van der Waals surface area contributed by atoms with Crippen LogP contribution in [0.5, 0.6) is 0 Å². The first-order valence-electron chi connectivity index (χ1n) is 12.6. The minimum atomic E-state index is -1.70. The maximum Gasteiger partial charge on any atom is 0.191 e. The van der Waals surface area contributed by atoms with Gasteiger partial charge in [0.1, 0.15) is 0 Å². The average Bonchev–Trinajstić information content (AvgIpc) is 2.74. The van der Waals surface area contributed by atoms with Crippen molar-refractivity contribution in [2.24, 2.45) is 0 Å². The number of nitrogens with zero attached hydrogens (tertiary/aromatic N) is 4. The molecule has 2 aromatic heterocycles. The van der Waals surface area contributed by atoms with Crippen LogP contribution in [-0.4, -0.2) is 47.8 Å². The third-order valence-electron chi connectivity index (χ3n) is 6.99. The molecule has 0 radical (unpaired) electrons. The molecule has 3 rings (SSSR count). The lowest BCUT2D eigenvalue weighted by Crippen LogP contribution is -2.41. The first-order chi connectivity index (χ1) is 15.7. The van der Waals surface area contributed by atoms with Crippen LogP contribution in [0.15, 0.2) is 36.4 Å². The predicted octanol–water partition coefficient (Wildman–Crippen LogP) is 6.01. The van der Waals surface area contributed by atoms with Gasteiger partial charge in [0.2, 0.25) is 0 Å². The lowest BCUT2D eigenvalue weighted by Gasteiger charge is -2.36. The van der Waals surface area contributed by atoms with Crippen molar-refractivity contribution in [2.45, 2.75) is 91.3 Å². The number of pyridine rings is 2. The Morgan fingerprint density at radius 2 is 1.21 bits per heavy atom. The summed E-state index contributed by atoms with van der Waals surface area (Å²) in [5.41, 5.74) is 4.60. The summed E-state index contributed by atoms with van der Waals surface area (Å²) in [4.78, 5) is 15.0. The van der Waals surface area contributed by atoms with E-state index in [1.54, 1.807) is 0 Å². The third kappa shape index (κ3) is 7.99. The van der Waals surface area contributed by atoms with Gasteiger partial charge < -0.3 is 4.43 Å². The lowest BCUT2D eigenvalue weighted by atomic mass is 10.2. The summed E-state index contributed by atoms with van der Waals surface area (Å²) in [5.74, 6) is 0. The van der Waals surface area contributed by atoms with Crippen molar-refractivity contribution in [1.82, 2.24) is 19.8 Å².